The van der Waals surface area contributed by atoms with E-state index < -0.39 is 0 Å². The van der Waals surface area contributed by atoms with Crippen molar-refractivity contribution in [3.63, 3.8) is 0 Å². The van der Waals surface area contributed by atoms with Crippen molar-refractivity contribution < 1.29 is 9.47 Å². The van der Waals surface area contributed by atoms with Gasteiger partial charge >= 0.3 is 0 Å². The first-order valence-corrected chi connectivity index (χ1v) is 6.97. The number of aliphatic imine (C=N–C) groups is 1. The molecule has 114 valence electrons. The van der Waals surface area contributed by atoms with Gasteiger partial charge in [0.15, 0.2) is 5.96 Å². The van der Waals surface area contributed by atoms with Gasteiger partial charge in [-0.3, -0.25) is 0 Å². The molecule has 5 nitrogen and oxygen atoms in total. The van der Waals surface area contributed by atoms with Crippen LogP contribution in [0.2, 0.25) is 0 Å². The fourth-order valence-electron chi connectivity index (χ4n) is 1.65. The van der Waals surface area contributed by atoms with Gasteiger partial charge in [-0.25, -0.2) is 4.99 Å². The van der Waals surface area contributed by atoms with Crippen LogP contribution in [-0.4, -0.2) is 20.2 Å². The highest BCUT2D eigenvalue weighted by molar-refractivity contribution is 14.0. The molecule has 1 heterocycles. The Bertz CT molecular complexity index is 588. The molecule has 0 saturated heterocycles. The van der Waals surface area contributed by atoms with Gasteiger partial charge in [-0.05, 0) is 34.5 Å². The Kier molecular flexibility index (Phi) is 7.30. The Morgan fingerprint density at radius 2 is 2.10 bits per heavy atom. The fraction of sp³-hybridized carbons (Fsp3) is 0.214. The third kappa shape index (κ3) is 5.09. The quantitative estimate of drug-likeness (QED) is 0.443. The van der Waals surface area contributed by atoms with Crippen LogP contribution < -0.4 is 20.5 Å². The second-order valence-corrected chi connectivity index (χ2v) is 4.80. The second kappa shape index (κ2) is 8.73. The van der Waals surface area contributed by atoms with Crippen LogP contribution in [0.25, 0.3) is 0 Å². The van der Waals surface area contributed by atoms with Gasteiger partial charge in [0, 0.05) is 6.07 Å². The van der Waals surface area contributed by atoms with Gasteiger partial charge in [-0.2, -0.15) is 11.3 Å². The van der Waals surface area contributed by atoms with Crippen LogP contribution in [0.1, 0.15) is 5.56 Å². The summed E-state index contributed by atoms with van der Waals surface area (Å²) < 4.78 is 10.4. The number of rotatable bonds is 5. The molecule has 0 unspecified atom stereocenters. The van der Waals surface area contributed by atoms with E-state index in [1.54, 1.807) is 25.6 Å². The zero-order valence-corrected chi connectivity index (χ0v) is 15.0. The van der Waals surface area contributed by atoms with E-state index >= 15 is 0 Å². The number of halogens is 1. The van der Waals surface area contributed by atoms with Crippen molar-refractivity contribution in [1.82, 2.24) is 0 Å². The number of nitrogens with zero attached hydrogens (tertiary/aromatic N) is 1. The molecule has 0 amide bonds. The van der Waals surface area contributed by atoms with Crippen molar-refractivity contribution in [1.29, 1.82) is 0 Å². The van der Waals surface area contributed by atoms with Crippen LogP contribution >= 0.6 is 35.3 Å². The van der Waals surface area contributed by atoms with Crippen molar-refractivity contribution in [2.75, 3.05) is 19.5 Å². The van der Waals surface area contributed by atoms with Gasteiger partial charge in [0.25, 0.3) is 0 Å². The van der Waals surface area contributed by atoms with Crippen molar-refractivity contribution in [2.45, 2.75) is 6.54 Å². The lowest BCUT2D eigenvalue weighted by molar-refractivity contribution is 0.405. The third-order valence-electron chi connectivity index (χ3n) is 2.68. The molecular formula is C14H18IN3O2S. The van der Waals surface area contributed by atoms with Crippen LogP contribution in [0, 0.1) is 0 Å². The summed E-state index contributed by atoms with van der Waals surface area (Å²) in [6.45, 7) is 0.550. The Morgan fingerprint density at radius 1 is 1.29 bits per heavy atom. The molecule has 0 saturated carbocycles. The molecule has 0 atom stereocenters. The van der Waals surface area contributed by atoms with Crippen molar-refractivity contribution >= 4 is 47.0 Å². The minimum absolute atomic E-state index is 0. The first-order chi connectivity index (χ1) is 9.72. The van der Waals surface area contributed by atoms with E-state index in [9.17, 15) is 0 Å². The van der Waals surface area contributed by atoms with E-state index in [2.05, 4.69) is 10.3 Å². The highest BCUT2D eigenvalue weighted by Crippen LogP contribution is 2.28. The molecule has 3 N–H and O–H groups in total. The van der Waals surface area contributed by atoms with Crippen LogP contribution in [0.15, 0.2) is 40.0 Å². The summed E-state index contributed by atoms with van der Waals surface area (Å²) in [5.74, 6) is 1.74. The maximum atomic E-state index is 5.88. The van der Waals surface area contributed by atoms with E-state index in [0.717, 1.165) is 17.0 Å². The highest BCUT2D eigenvalue weighted by atomic mass is 127. The molecule has 7 heteroatoms. The van der Waals surface area contributed by atoms with E-state index in [1.165, 1.54) is 0 Å². The van der Waals surface area contributed by atoms with Crippen molar-refractivity contribution in [3.05, 3.63) is 40.6 Å². The Balaban J connectivity index is 0.00000220. The van der Waals surface area contributed by atoms with Crippen molar-refractivity contribution in [2.24, 2.45) is 10.7 Å². The lowest BCUT2D eigenvalue weighted by Gasteiger charge is -2.12. The van der Waals surface area contributed by atoms with Crippen LogP contribution in [0.3, 0.4) is 0 Å². The monoisotopic (exact) mass is 419 g/mol. The lowest BCUT2D eigenvalue weighted by Crippen LogP contribution is -2.23. The number of methoxy groups -OCH3 is 2. The van der Waals surface area contributed by atoms with E-state index in [-0.39, 0.29) is 24.0 Å². The van der Waals surface area contributed by atoms with E-state index in [4.69, 9.17) is 15.2 Å². The summed E-state index contributed by atoms with van der Waals surface area (Å²) >= 11 is 1.64. The molecule has 0 fully saturated rings. The van der Waals surface area contributed by atoms with Crippen molar-refractivity contribution in [3.8, 4) is 11.5 Å². The zero-order valence-electron chi connectivity index (χ0n) is 11.8. The lowest BCUT2D eigenvalue weighted by atomic mass is 10.2. The second-order valence-electron chi connectivity index (χ2n) is 4.02. The summed E-state index contributed by atoms with van der Waals surface area (Å²) in [4.78, 5) is 4.29. The fourth-order valence-corrected chi connectivity index (χ4v) is 2.31. The summed E-state index contributed by atoms with van der Waals surface area (Å²) in [7, 11) is 3.21. The highest BCUT2D eigenvalue weighted by Gasteiger charge is 2.06. The average Bonchev–Trinajstić information content (AvgIpc) is 2.98. The van der Waals surface area contributed by atoms with Gasteiger partial charge in [-0.1, -0.05) is 0 Å². The molecule has 1 aromatic carbocycles. The summed E-state index contributed by atoms with van der Waals surface area (Å²) in [6.07, 6.45) is 0. The van der Waals surface area contributed by atoms with Crippen LogP contribution in [0.4, 0.5) is 5.69 Å². The number of guanidine groups is 1. The molecule has 2 rings (SSSR count). The molecule has 0 bridgehead atoms. The normalized spacial score (nSPS) is 10.7. The summed E-state index contributed by atoms with van der Waals surface area (Å²) in [6, 6.07) is 7.47. The number of thiophene rings is 1. The Hall–Kier alpha value is -1.48. The van der Waals surface area contributed by atoms with E-state index in [1.807, 2.05) is 35.0 Å². The number of benzene rings is 1. The van der Waals surface area contributed by atoms with Crippen LogP contribution in [0.5, 0.6) is 11.5 Å². The zero-order chi connectivity index (χ0) is 14.4. The van der Waals surface area contributed by atoms with Gasteiger partial charge in [0.2, 0.25) is 0 Å². The first-order valence-electron chi connectivity index (χ1n) is 6.03. The Labute approximate surface area is 145 Å². The predicted octanol–water partition coefficient (Wildman–Crippen LogP) is 3.31. The standard InChI is InChI=1S/C14H17N3O2S.HI/c1-18-11-3-4-13(19-2)12(7-11)17-14(15)16-8-10-5-6-20-9-10;/h3-7,9H,8H2,1-2H3,(H3,15,16,17);1H. The molecular weight excluding hydrogens is 401 g/mol. The number of nitrogens with one attached hydrogen (secondary N) is 1. The van der Waals surface area contributed by atoms with Gasteiger partial charge in [-0.15, -0.1) is 24.0 Å². The molecule has 2 aromatic rings. The molecule has 0 radical (unpaired) electrons. The molecule has 0 spiro atoms. The van der Waals surface area contributed by atoms with Gasteiger partial charge in [0.1, 0.15) is 11.5 Å². The largest absolute Gasteiger partial charge is 0.497 e. The number of nitrogens with two attached hydrogens (primary N) is 1. The molecule has 0 aliphatic rings. The molecule has 0 aliphatic heterocycles. The van der Waals surface area contributed by atoms with Gasteiger partial charge in [0.05, 0.1) is 26.5 Å². The molecule has 0 aliphatic carbocycles. The third-order valence-corrected chi connectivity index (χ3v) is 3.41. The number of ether oxygens (including phenoxy) is 2. The number of hydrogen-bond acceptors (Lipinski definition) is 4. The maximum absolute atomic E-state index is 5.88. The molecule has 1 aromatic heterocycles. The van der Waals surface area contributed by atoms with Crippen LogP contribution in [-0.2, 0) is 6.54 Å². The van der Waals surface area contributed by atoms with Gasteiger partial charge < -0.3 is 20.5 Å². The number of anilines is 1. The SMILES string of the molecule is COc1ccc(OC)c(NC(N)=NCc2ccsc2)c1.I. The van der Waals surface area contributed by atoms with E-state index in [0.29, 0.717) is 18.3 Å². The minimum atomic E-state index is 0. The molecule has 21 heavy (non-hydrogen) atoms. The summed E-state index contributed by atoms with van der Waals surface area (Å²) in [5.41, 5.74) is 7.74. The minimum Gasteiger partial charge on any atom is -0.497 e. The Morgan fingerprint density at radius 3 is 2.71 bits per heavy atom. The number of hydrogen-bond donors (Lipinski definition) is 2. The topological polar surface area (TPSA) is 68.9 Å². The first kappa shape index (κ1) is 17.6. The predicted molar refractivity (Wildman–Crippen MR) is 98.2 cm³/mol. The summed E-state index contributed by atoms with van der Waals surface area (Å²) in [5, 5.41) is 7.08. The maximum Gasteiger partial charge on any atom is 0.193 e. The smallest absolute Gasteiger partial charge is 0.193 e. The average molecular weight is 419 g/mol.